The van der Waals surface area contributed by atoms with Crippen LogP contribution in [0.5, 0.6) is 11.5 Å². The number of carbonyl (C=O) groups excluding carboxylic acids is 1. The summed E-state index contributed by atoms with van der Waals surface area (Å²) < 4.78 is 12.6. The quantitative estimate of drug-likeness (QED) is 0.227. The summed E-state index contributed by atoms with van der Waals surface area (Å²) in [6, 6.07) is 5.78. The number of allylic oxidation sites excluding steroid dienone is 1. The molecule has 0 unspecified atom stereocenters. The van der Waals surface area contributed by atoms with Gasteiger partial charge in [-0.15, -0.1) is 16.8 Å². The van der Waals surface area contributed by atoms with Crippen LogP contribution < -0.4 is 14.8 Å². The zero-order chi connectivity index (χ0) is 23.2. The second-order valence-electron chi connectivity index (χ2n) is 7.54. The minimum absolute atomic E-state index is 0.0234. The predicted molar refractivity (Wildman–Crippen MR) is 130 cm³/mol. The molecule has 1 aromatic carbocycles. The lowest BCUT2D eigenvalue weighted by molar-refractivity contribution is -0.118. The van der Waals surface area contributed by atoms with Gasteiger partial charge in [-0.05, 0) is 30.5 Å². The van der Waals surface area contributed by atoms with Crippen molar-refractivity contribution in [1.82, 2.24) is 20.1 Å². The summed E-state index contributed by atoms with van der Waals surface area (Å²) >= 11 is 1.41. The largest absolute Gasteiger partial charge is 0.493 e. The first-order chi connectivity index (χ1) is 15.6. The Hall–Kier alpha value is -2.48. The number of rotatable bonds is 16. The van der Waals surface area contributed by atoms with Crippen LogP contribution in [0.25, 0.3) is 0 Å². The van der Waals surface area contributed by atoms with Crippen molar-refractivity contribution in [3.05, 3.63) is 42.2 Å². The molecule has 0 spiro atoms. The molecule has 0 atom stereocenters. The van der Waals surface area contributed by atoms with E-state index in [1.807, 2.05) is 24.3 Å². The van der Waals surface area contributed by atoms with Gasteiger partial charge in [0.2, 0.25) is 5.91 Å². The average Bonchev–Trinajstić information content (AvgIpc) is 3.19. The fraction of sp³-hybridized carbons (Fsp3) is 0.542. The molecule has 0 aliphatic rings. The standard InChI is InChI=1S/C24H36N4O3S/c1-5-7-8-9-10-11-22-26-27-24(28(22)16-6-2)32-18-23(29)25-15-14-19-12-13-20(30-3)21(17-19)31-4/h6,12-13,17H,2,5,7-11,14-16,18H2,1,3-4H3,(H,25,29). The van der Waals surface area contributed by atoms with E-state index in [-0.39, 0.29) is 5.91 Å². The van der Waals surface area contributed by atoms with Gasteiger partial charge in [-0.2, -0.15) is 0 Å². The molecule has 1 aromatic heterocycles. The first-order valence-corrected chi connectivity index (χ1v) is 12.2. The number of ether oxygens (including phenoxy) is 2. The maximum absolute atomic E-state index is 12.3. The third kappa shape index (κ3) is 8.22. The highest BCUT2D eigenvalue weighted by Crippen LogP contribution is 2.27. The summed E-state index contributed by atoms with van der Waals surface area (Å²) in [6.45, 7) is 7.27. The molecule has 2 aromatic rings. The van der Waals surface area contributed by atoms with Crippen LogP contribution in [0.1, 0.15) is 50.4 Å². The summed E-state index contributed by atoms with van der Waals surface area (Å²) in [6.07, 6.45) is 9.56. The highest BCUT2D eigenvalue weighted by Gasteiger charge is 2.13. The summed E-state index contributed by atoms with van der Waals surface area (Å²) in [5.74, 6) is 2.63. The van der Waals surface area contributed by atoms with Crippen molar-refractivity contribution in [2.75, 3.05) is 26.5 Å². The topological polar surface area (TPSA) is 78.3 Å². The van der Waals surface area contributed by atoms with Gasteiger partial charge in [-0.3, -0.25) is 4.79 Å². The average molecular weight is 461 g/mol. The van der Waals surface area contributed by atoms with Crippen molar-refractivity contribution in [2.45, 2.75) is 63.6 Å². The second-order valence-corrected chi connectivity index (χ2v) is 8.48. The van der Waals surface area contributed by atoms with Crippen molar-refractivity contribution in [2.24, 2.45) is 0 Å². The van der Waals surface area contributed by atoms with Gasteiger partial charge in [0, 0.05) is 19.5 Å². The Balaban J connectivity index is 1.80. The maximum Gasteiger partial charge on any atom is 0.230 e. The predicted octanol–water partition coefficient (Wildman–Crippen LogP) is 4.45. The fourth-order valence-corrected chi connectivity index (χ4v) is 4.17. The van der Waals surface area contributed by atoms with Crippen molar-refractivity contribution < 1.29 is 14.3 Å². The molecule has 8 heteroatoms. The summed E-state index contributed by atoms with van der Waals surface area (Å²) in [5, 5.41) is 12.4. The molecular weight excluding hydrogens is 424 g/mol. The molecule has 1 heterocycles. The van der Waals surface area contributed by atoms with Gasteiger partial charge < -0.3 is 19.4 Å². The van der Waals surface area contributed by atoms with E-state index in [2.05, 4.69) is 33.6 Å². The van der Waals surface area contributed by atoms with Crippen LogP contribution in [-0.2, 0) is 24.2 Å². The third-order valence-corrected chi connectivity index (χ3v) is 6.09. The lowest BCUT2D eigenvalue weighted by Gasteiger charge is -2.10. The SMILES string of the molecule is C=CCn1c(CCCCCCC)nnc1SCC(=O)NCCc1ccc(OC)c(OC)c1. The van der Waals surface area contributed by atoms with E-state index in [0.717, 1.165) is 29.4 Å². The summed E-state index contributed by atoms with van der Waals surface area (Å²) in [4.78, 5) is 12.3. The molecule has 0 aliphatic carbocycles. The van der Waals surface area contributed by atoms with Gasteiger partial charge in [0.15, 0.2) is 16.7 Å². The first-order valence-electron chi connectivity index (χ1n) is 11.3. The molecule has 0 radical (unpaired) electrons. The maximum atomic E-state index is 12.3. The van der Waals surface area contributed by atoms with Crippen LogP contribution in [0.2, 0.25) is 0 Å². The lowest BCUT2D eigenvalue weighted by atomic mass is 10.1. The van der Waals surface area contributed by atoms with E-state index in [0.29, 0.717) is 36.8 Å². The number of hydrogen-bond donors (Lipinski definition) is 1. The van der Waals surface area contributed by atoms with Crippen LogP contribution in [-0.4, -0.2) is 47.2 Å². The monoisotopic (exact) mass is 460 g/mol. The smallest absolute Gasteiger partial charge is 0.230 e. The lowest BCUT2D eigenvalue weighted by Crippen LogP contribution is -2.27. The van der Waals surface area contributed by atoms with Crippen molar-refractivity contribution in [3.63, 3.8) is 0 Å². The number of aryl methyl sites for hydroxylation is 1. The highest BCUT2D eigenvalue weighted by atomic mass is 32.2. The van der Waals surface area contributed by atoms with Crippen LogP contribution in [0.15, 0.2) is 36.0 Å². The van der Waals surface area contributed by atoms with Gasteiger partial charge >= 0.3 is 0 Å². The Morgan fingerprint density at radius 1 is 1.12 bits per heavy atom. The molecule has 176 valence electrons. The molecule has 7 nitrogen and oxygen atoms in total. The third-order valence-electron chi connectivity index (χ3n) is 5.13. The van der Waals surface area contributed by atoms with Crippen molar-refractivity contribution in [3.8, 4) is 11.5 Å². The van der Waals surface area contributed by atoms with Gasteiger partial charge in [-0.25, -0.2) is 0 Å². The number of hydrogen-bond acceptors (Lipinski definition) is 6. The Kier molecular flexibility index (Phi) is 11.7. The van der Waals surface area contributed by atoms with E-state index in [1.54, 1.807) is 14.2 Å². The minimum Gasteiger partial charge on any atom is -0.493 e. The number of benzene rings is 1. The number of thioether (sulfide) groups is 1. The Morgan fingerprint density at radius 3 is 2.62 bits per heavy atom. The second kappa shape index (κ2) is 14.6. The van der Waals surface area contributed by atoms with E-state index in [4.69, 9.17) is 9.47 Å². The number of nitrogens with one attached hydrogen (secondary N) is 1. The molecule has 2 rings (SSSR count). The number of methoxy groups -OCH3 is 2. The number of aromatic nitrogens is 3. The van der Waals surface area contributed by atoms with Gasteiger partial charge in [0.1, 0.15) is 5.82 Å². The van der Waals surface area contributed by atoms with Gasteiger partial charge in [-0.1, -0.05) is 56.5 Å². The molecule has 0 saturated heterocycles. The number of nitrogens with zero attached hydrogens (tertiary/aromatic N) is 3. The van der Waals surface area contributed by atoms with Crippen molar-refractivity contribution >= 4 is 17.7 Å². The molecule has 1 amide bonds. The van der Waals surface area contributed by atoms with Crippen molar-refractivity contribution in [1.29, 1.82) is 0 Å². The zero-order valence-corrected chi connectivity index (χ0v) is 20.4. The van der Waals surface area contributed by atoms with Crippen LogP contribution in [0.3, 0.4) is 0 Å². The van der Waals surface area contributed by atoms with E-state index >= 15 is 0 Å². The van der Waals surface area contributed by atoms with E-state index in [1.165, 1.54) is 37.4 Å². The Labute approximate surface area is 196 Å². The molecule has 0 saturated carbocycles. The Bertz CT molecular complexity index is 854. The van der Waals surface area contributed by atoms with Gasteiger partial charge in [0.05, 0.1) is 20.0 Å². The molecule has 0 aliphatic heterocycles. The molecule has 32 heavy (non-hydrogen) atoms. The van der Waals surface area contributed by atoms with Crippen LogP contribution in [0.4, 0.5) is 0 Å². The number of amides is 1. The molecular formula is C24H36N4O3S. The fourth-order valence-electron chi connectivity index (χ4n) is 3.37. The Morgan fingerprint density at radius 2 is 1.91 bits per heavy atom. The summed E-state index contributed by atoms with van der Waals surface area (Å²) in [5.41, 5.74) is 1.07. The number of carbonyl (C=O) groups is 1. The first kappa shape index (κ1) is 25.8. The number of unbranched alkanes of at least 4 members (excludes halogenated alkanes) is 4. The molecule has 0 fully saturated rings. The van der Waals surface area contributed by atoms with E-state index in [9.17, 15) is 4.79 Å². The molecule has 0 bridgehead atoms. The highest BCUT2D eigenvalue weighted by molar-refractivity contribution is 7.99. The zero-order valence-electron chi connectivity index (χ0n) is 19.6. The normalized spacial score (nSPS) is 10.7. The summed E-state index contributed by atoms with van der Waals surface area (Å²) in [7, 11) is 3.23. The van der Waals surface area contributed by atoms with E-state index < -0.39 is 0 Å². The van der Waals surface area contributed by atoms with Crippen LogP contribution >= 0.6 is 11.8 Å². The molecule has 1 N–H and O–H groups in total. The van der Waals surface area contributed by atoms with Gasteiger partial charge in [0.25, 0.3) is 0 Å². The van der Waals surface area contributed by atoms with Crippen LogP contribution in [0, 0.1) is 0 Å². The minimum atomic E-state index is -0.0234.